The van der Waals surface area contributed by atoms with Gasteiger partial charge >= 0.3 is 0 Å². The van der Waals surface area contributed by atoms with Crippen molar-refractivity contribution < 1.29 is 9.26 Å². The van der Waals surface area contributed by atoms with Gasteiger partial charge in [0.05, 0.1) is 11.8 Å². The van der Waals surface area contributed by atoms with Gasteiger partial charge in [0.2, 0.25) is 0 Å². The molecule has 4 heteroatoms. The largest absolute Gasteiger partial charge is 0.414 e. The molecular formula is C23H39NO2Si. The number of fused-ring (bicyclic) bond motifs is 5. The van der Waals surface area contributed by atoms with Gasteiger partial charge in [0.15, 0.2) is 8.32 Å². The van der Waals surface area contributed by atoms with Gasteiger partial charge in [-0.15, -0.1) is 0 Å². The minimum absolute atomic E-state index is 0.384. The highest BCUT2D eigenvalue weighted by molar-refractivity contribution is 6.69. The minimum atomic E-state index is -1.48. The van der Waals surface area contributed by atoms with Gasteiger partial charge in [-0.3, -0.25) is 0 Å². The fraction of sp³-hybridized carbons (Fsp3) is 0.870. The molecule has 0 N–H and O–H groups in total. The molecule has 0 aromatic carbocycles. The maximum absolute atomic E-state index is 6.72. The van der Waals surface area contributed by atoms with E-state index >= 15 is 0 Å². The Morgan fingerprint density at radius 2 is 1.78 bits per heavy atom. The fourth-order valence-corrected chi connectivity index (χ4v) is 8.57. The SMILES string of the molecule is CO/N=C1/C=C2CCC3C(CCC4(C)C(O[Si](C)(C)C)CCC34)C2(C)CC1. The van der Waals surface area contributed by atoms with Crippen LogP contribution in [0.15, 0.2) is 16.8 Å². The Balaban J connectivity index is 1.58. The Kier molecular flexibility index (Phi) is 4.90. The minimum Gasteiger partial charge on any atom is -0.414 e. The molecule has 0 amide bonds. The molecule has 4 aliphatic rings. The van der Waals surface area contributed by atoms with Crippen molar-refractivity contribution in [1.82, 2.24) is 0 Å². The van der Waals surface area contributed by atoms with Gasteiger partial charge in [0, 0.05) is 0 Å². The van der Waals surface area contributed by atoms with Crippen LogP contribution in [0.3, 0.4) is 0 Å². The first-order valence-corrected chi connectivity index (χ1v) is 14.6. The van der Waals surface area contributed by atoms with Crippen LogP contribution >= 0.6 is 0 Å². The average molecular weight is 390 g/mol. The third kappa shape index (κ3) is 3.25. The number of allylic oxidation sites excluding steroid dienone is 2. The highest BCUT2D eigenvalue weighted by Crippen LogP contribution is 2.65. The fourth-order valence-electron chi connectivity index (χ4n) is 7.33. The molecule has 0 saturated heterocycles. The summed E-state index contributed by atoms with van der Waals surface area (Å²) in [6.07, 6.45) is 13.2. The second kappa shape index (κ2) is 6.72. The van der Waals surface area contributed by atoms with Crippen molar-refractivity contribution in [2.75, 3.05) is 7.11 Å². The lowest BCUT2D eigenvalue weighted by molar-refractivity contribution is -0.0675. The van der Waals surface area contributed by atoms with E-state index in [0.29, 0.717) is 16.9 Å². The van der Waals surface area contributed by atoms with Crippen LogP contribution in [0.5, 0.6) is 0 Å². The summed E-state index contributed by atoms with van der Waals surface area (Å²) in [5.41, 5.74) is 3.60. The van der Waals surface area contributed by atoms with Crippen molar-refractivity contribution in [2.45, 2.75) is 91.0 Å². The molecule has 152 valence electrons. The van der Waals surface area contributed by atoms with Crippen LogP contribution in [0.4, 0.5) is 0 Å². The zero-order valence-corrected chi connectivity index (χ0v) is 19.3. The summed E-state index contributed by atoms with van der Waals surface area (Å²) in [6, 6.07) is 0. The van der Waals surface area contributed by atoms with Gasteiger partial charge < -0.3 is 9.26 Å². The van der Waals surface area contributed by atoms with E-state index in [4.69, 9.17) is 9.26 Å². The summed E-state index contributed by atoms with van der Waals surface area (Å²) in [4.78, 5) is 5.05. The van der Waals surface area contributed by atoms with Gasteiger partial charge in [-0.1, -0.05) is 24.6 Å². The molecule has 4 aliphatic carbocycles. The van der Waals surface area contributed by atoms with Crippen LogP contribution in [0, 0.1) is 28.6 Å². The summed E-state index contributed by atoms with van der Waals surface area (Å²) in [7, 11) is 0.182. The van der Waals surface area contributed by atoms with E-state index in [0.717, 1.165) is 29.9 Å². The lowest BCUT2D eigenvalue weighted by Gasteiger charge is -2.58. The summed E-state index contributed by atoms with van der Waals surface area (Å²) in [6.45, 7) is 12.2. The van der Waals surface area contributed by atoms with Crippen LogP contribution in [0.1, 0.15) is 65.2 Å². The topological polar surface area (TPSA) is 30.8 Å². The molecule has 0 heterocycles. The van der Waals surface area contributed by atoms with Crippen LogP contribution in [-0.4, -0.2) is 27.2 Å². The molecule has 3 nitrogen and oxygen atoms in total. The van der Waals surface area contributed by atoms with Gasteiger partial charge in [-0.25, -0.2) is 0 Å². The molecule has 3 saturated carbocycles. The van der Waals surface area contributed by atoms with Crippen molar-refractivity contribution in [3.05, 3.63) is 11.6 Å². The number of nitrogens with zero attached hydrogens (tertiary/aromatic N) is 1. The summed E-state index contributed by atoms with van der Waals surface area (Å²) < 4.78 is 6.72. The predicted octanol–water partition coefficient (Wildman–Crippen LogP) is 6.17. The van der Waals surface area contributed by atoms with Gasteiger partial charge in [0.1, 0.15) is 7.11 Å². The first kappa shape index (κ1) is 19.7. The Morgan fingerprint density at radius 3 is 2.48 bits per heavy atom. The molecule has 3 fully saturated rings. The number of hydrogen-bond donors (Lipinski definition) is 0. The maximum atomic E-state index is 6.72. The van der Waals surface area contributed by atoms with Crippen molar-refractivity contribution in [1.29, 1.82) is 0 Å². The molecule has 0 aromatic heterocycles. The Labute approximate surface area is 167 Å². The van der Waals surface area contributed by atoms with E-state index in [1.54, 1.807) is 12.7 Å². The Hall–Kier alpha value is -0.613. The first-order chi connectivity index (χ1) is 12.7. The summed E-state index contributed by atoms with van der Waals surface area (Å²) in [5, 5.41) is 4.25. The smallest absolute Gasteiger partial charge is 0.184 e. The molecule has 0 spiro atoms. The van der Waals surface area contributed by atoms with Gasteiger partial charge in [0.25, 0.3) is 0 Å². The van der Waals surface area contributed by atoms with Crippen LogP contribution in [-0.2, 0) is 9.26 Å². The second-order valence-electron chi connectivity index (χ2n) is 11.1. The number of hydrogen-bond acceptors (Lipinski definition) is 3. The summed E-state index contributed by atoms with van der Waals surface area (Å²) >= 11 is 0. The zero-order valence-electron chi connectivity index (χ0n) is 18.3. The molecule has 6 atom stereocenters. The molecule has 0 aliphatic heterocycles. The summed E-state index contributed by atoms with van der Waals surface area (Å²) in [5.74, 6) is 2.61. The van der Waals surface area contributed by atoms with Crippen LogP contribution < -0.4 is 0 Å². The van der Waals surface area contributed by atoms with Crippen molar-refractivity contribution in [3.8, 4) is 0 Å². The van der Waals surface area contributed by atoms with E-state index < -0.39 is 8.32 Å². The Morgan fingerprint density at radius 1 is 1.00 bits per heavy atom. The van der Waals surface area contributed by atoms with Crippen molar-refractivity contribution in [3.63, 3.8) is 0 Å². The molecule has 0 aromatic rings. The van der Waals surface area contributed by atoms with Crippen molar-refractivity contribution in [2.24, 2.45) is 33.7 Å². The predicted molar refractivity (Wildman–Crippen MR) is 114 cm³/mol. The van der Waals surface area contributed by atoms with E-state index in [1.165, 1.54) is 44.9 Å². The molecule has 0 radical (unpaired) electrons. The van der Waals surface area contributed by atoms with Gasteiger partial charge in [-0.05, 0) is 106 Å². The zero-order chi connectivity index (χ0) is 19.4. The van der Waals surface area contributed by atoms with Gasteiger partial charge in [-0.2, -0.15) is 0 Å². The molecule has 27 heavy (non-hydrogen) atoms. The average Bonchev–Trinajstić information content (AvgIpc) is 2.90. The third-order valence-electron chi connectivity index (χ3n) is 8.59. The molecule has 6 unspecified atom stereocenters. The van der Waals surface area contributed by atoms with Crippen LogP contribution in [0.25, 0.3) is 0 Å². The van der Waals surface area contributed by atoms with E-state index in [2.05, 4.69) is 44.7 Å². The standard InChI is InChI=1S/C23H39NO2Si/c1-22-13-11-17(24-25-3)15-16(22)7-8-18-19-9-10-21(26-27(4,5)6)23(19,2)14-12-20(18)22/h15,18-21H,7-14H2,1-6H3/b24-17+. The Bertz CT molecular complexity index is 651. The van der Waals surface area contributed by atoms with Crippen LogP contribution in [0.2, 0.25) is 19.6 Å². The third-order valence-corrected chi connectivity index (χ3v) is 9.59. The lowest BCUT2D eigenvalue weighted by Crippen LogP contribution is -2.52. The second-order valence-corrected chi connectivity index (χ2v) is 15.6. The van der Waals surface area contributed by atoms with E-state index in [9.17, 15) is 0 Å². The number of oxime groups is 1. The lowest BCUT2D eigenvalue weighted by atomic mass is 9.47. The van der Waals surface area contributed by atoms with E-state index in [1.807, 2.05) is 0 Å². The first-order valence-electron chi connectivity index (χ1n) is 11.2. The number of rotatable bonds is 3. The quantitative estimate of drug-likeness (QED) is 0.427. The van der Waals surface area contributed by atoms with Crippen molar-refractivity contribution >= 4 is 14.0 Å². The maximum Gasteiger partial charge on any atom is 0.184 e. The normalized spacial score (nSPS) is 45.7. The highest BCUT2D eigenvalue weighted by atomic mass is 28.4. The van der Waals surface area contributed by atoms with E-state index in [-0.39, 0.29) is 0 Å². The highest BCUT2D eigenvalue weighted by Gasteiger charge is 2.59. The molecule has 0 bridgehead atoms. The monoisotopic (exact) mass is 389 g/mol. The molecular weight excluding hydrogens is 350 g/mol. The molecule has 4 rings (SSSR count).